The lowest BCUT2D eigenvalue weighted by molar-refractivity contribution is 0.122. The molecule has 7 nitrogen and oxygen atoms in total. The van der Waals surface area contributed by atoms with Crippen LogP contribution in [0.3, 0.4) is 0 Å². The van der Waals surface area contributed by atoms with E-state index in [9.17, 15) is 0 Å². The fourth-order valence-electron chi connectivity index (χ4n) is 2.80. The van der Waals surface area contributed by atoms with Crippen molar-refractivity contribution in [1.29, 1.82) is 0 Å². The van der Waals surface area contributed by atoms with Gasteiger partial charge in [0.1, 0.15) is 6.61 Å². The molecule has 0 radical (unpaired) electrons. The molecule has 2 aromatic rings. The first-order valence-corrected chi connectivity index (χ1v) is 9.22. The van der Waals surface area contributed by atoms with Crippen LogP contribution in [0, 0.1) is 6.92 Å². The smallest absolute Gasteiger partial charge is 0.215 e. The summed E-state index contributed by atoms with van der Waals surface area (Å²) in [6.45, 7) is 6.57. The third-order valence-corrected chi connectivity index (χ3v) is 4.19. The summed E-state index contributed by atoms with van der Waals surface area (Å²) in [6.07, 6.45) is 1.72. The van der Waals surface area contributed by atoms with Gasteiger partial charge in [0, 0.05) is 31.4 Å². The van der Waals surface area contributed by atoms with Crippen LogP contribution < -0.4 is 20.4 Å². The van der Waals surface area contributed by atoms with Crippen molar-refractivity contribution in [1.82, 2.24) is 10.3 Å². The number of hydrazone groups is 1. The Morgan fingerprint density at radius 3 is 2.89 bits per heavy atom. The van der Waals surface area contributed by atoms with E-state index in [-0.39, 0.29) is 0 Å². The molecule has 27 heavy (non-hydrogen) atoms. The molecule has 0 bridgehead atoms. The molecule has 144 valence electrons. The number of hydrogen-bond acceptors (Lipinski definition) is 7. The Morgan fingerprint density at radius 1 is 1.26 bits per heavy atom. The van der Waals surface area contributed by atoms with Gasteiger partial charge in [-0.3, -0.25) is 5.43 Å². The van der Waals surface area contributed by atoms with Gasteiger partial charge >= 0.3 is 0 Å². The quantitative estimate of drug-likeness (QED) is 0.423. The standard InChI is InChI=1S/C20H27N5O2/c1-16-4-3-5-17(12-16)24-22-15-18-13-19(25-7-10-26-11-8-25)14-20(23-18)27-9-6-21-2/h3-5,12-15,21,24H,6-11H2,1-2H3/b22-15+. The normalized spacial score (nSPS) is 14.5. The van der Waals surface area contributed by atoms with Crippen LogP contribution in [0.5, 0.6) is 5.88 Å². The highest BCUT2D eigenvalue weighted by Crippen LogP contribution is 2.22. The van der Waals surface area contributed by atoms with Crippen LogP contribution in [0.4, 0.5) is 11.4 Å². The lowest BCUT2D eigenvalue weighted by Crippen LogP contribution is -2.36. The molecule has 0 amide bonds. The highest BCUT2D eigenvalue weighted by Gasteiger charge is 2.13. The number of benzene rings is 1. The predicted octanol–water partition coefficient (Wildman–Crippen LogP) is 2.27. The molecule has 1 saturated heterocycles. The molecule has 1 aromatic heterocycles. The maximum atomic E-state index is 5.79. The van der Waals surface area contributed by atoms with Crippen molar-refractivity contribution in [2.45, 2.75) is 6.92 Å². The van der Waals surface area contributed by atoms with Gasteiger partial charge in [-0.2, -0.15) is 5.10 Å². The van der Waals surface area contributed by atoms with Crippen molar-refractivity contribution in [2.24, 2.45) is 5.10 Å². The Kier molecular flexibility index (Phi) is 7.01. The van der Waals surface area contributed by atoms with Crippen LogP contribution in [0.15, 0.2) is 41.5 Å². The summed E-state index contributed by atoms with van der Waals surface area (Å²) in [4.78, 5) is 6.83. The minimum absolute atomic E-state index is 0.564. The fraction of sp³-hybridized carbons (Fsp3) is 0.400. The third-order valence-electron chi connectivity index (χ3n) is 4.19. The molecule has 1 aliphatic heterocycles. The zero-order chi connectivity index (χ0) is 18.9. The van der Waals surface area contributed by atoms with E-state index < -0.39 is 0 Å². The van der Waals surface area contributed by atoms with Crippen molar-refractivity contribution < 1.29 is 9.47 Å². The van der Waals surface area contributed by atoms with Crippen molar-refractivity contribution in [3.8, 4) is 5.88 Å². The summed E-state index contributed by atoms with van der Waals surface area (Å²) >= 11 is 0. The largest absolute Gasteiger partial charge is 0.476 e. The summed E-state index contributed by atoms with van der Waals surface area (Å²) in [5.74, 6) is 0.603. The van der Waals surface area contributed by atoms with Crippen molar-refractivity contribution in [3.63, 3.8) is 0 Å². The fourth-order valence-corrected chi connectivity index (χ4v) is 2.80. The van der Waals surface area contributed by atoms with Crippen LogP contribution in [0.25, 0.3) is 0 Å². The van der Waals surface area contributed by atoms with Gasteiger partial charge < -0.3 is 19.7 Å². The Hall–Kier alpha value is -2.64. The van der Waals surface area contributed by atoms with Crippen LogP contribution in [0.2, 0.25) is 0 Å². The van der Waals surface area contributed by atoms with Crippen molar-refractivity contribution in [2.75, 3.05) is 56.8 Å². The van der Waals surface area contributed by atoms with E-state index in [1.807, 2.05) is 37.4 Å². The van der Waals surface area contributed by atoms with Gasteiger partial charge in [0.25, 0.3) is 0 Å². The molecule has 0 saturated carbocycles. The Bertz CT molecular complexity index is 760. The maximum absolute atomic E-state index is 5.79. The number of nitrogens with zero attached hydrogens (tertiary/aromatic N) is 3. The Morgan fingerprint density at radius 2 is 2.11 bits per heavy atom. The average Bonchev–Trinajstić information content (AvgIpc) is 2.69. The highest BCUT2D eigenvalue weighted by molar-refractivity contribution is 5.80. The molecular formula is C20H27N5O2. The zero-order valence-electron chi connectivity index (χ0n) is 15.9. The number of nitrogens with one attached hydrogen (secondary N) is 2. The topological polar surface area (TPSA) is 71.0 Å². The van der Waals surface area contributed by atoms with Gasteiger partial charge in [0.15, 0.2) is 0 Å². The molecule has 2 N–H and O–H groups in total. The molecule has 1 aliphatic rings. The van der Waals surface area contributed by atoms with Gasteiger partial charge in [0.05, 0.1) is 30.8 Å². The molecule has 0 atom stereocenters. The highest BCUT2D eigenvalue weighted by atomic mass is 16.5. The number of likely N-dealkylation sites (N-methyl/N-ethyl adjacent to an activating group) is 1. The van der Waals surface area contributed by atoms with Gasteiger partial charge in [0.2, 0.25) is 5.88 Å². The van der Waals surface area contributed by atoms with Crippen molar-refractivity contribution >= 4 is 17.6 Å². The number of aromatic nitrogens is 1. The number of ether oxygens (including phenoxy) is 2. The number of morpholine rings is 1. The summed E-state index contributed by atoms with van der Waals surface area (Å²) in [5, 5.41) is 7.40. The minimum atomic E-state index is 0.564. The van der Waals surface area contributed by atoms with E-state index in [0.717, 1.165) is 49.9 Å². The van der Waals surface area contributed by atoms with E-state index in [1.54, 1.807) is 6.21 Å². The second-order valence-corrected chi connectivity index (χ2v) is 6.38. The number of aryl methyl sites for hydroxylation is 1. The van der Waals surface area contributed by atoms with E-state index >= 15 is 0 Å². The Labute approximate surface area is 160 Å². The average molecular weight is 369 g/mol. The monoisotopic (exact) mass is 369 g/mol. The second-order valence-electron chi connectivity index (χ2n) is 6.38. The molecule has 2 heterocycles. The third kappa shape index (κ3) is 5.94. The molecule has 0 unspecified atom stereocenters. The molecule has 7 heteroatoms. The molecular weight excluding hydrogens is 342 g/mol. The molecule has 0 spiro atoms. The SMILES string of the molecule is CNCCOc1cc(N2CCOCC2)cc(/C=N/Nc2cccc(C)c2)n1. The first-order valence-electron chi connectivity index (χ1n) is 9.22. The maximum Gasteiger partial charge on any atom is 0.215 e. The molecule has 3 rings (SSSR count). The zero-order valence-corrected chi connectivity index (χ0v) is 15.9. The summed E-state index contributed by atoms with van der Waals surface area (Å²) in [5.41, 5.74) is 7.00. The molecule has 1 aromatic carbocycles. The number of rotatable bonds is 8. The lowest BCUT2D eigenvalue weighted by atomic mass is 10.2. The molecule has 1 fully saturated rings. The Balaban J connectivity index is 1.74. The van der Waals surface area contributed by atoms with Crippen LogP contribution in [-0.2, 0) is 4.74 Å². The van der Waals surface area contributed by atoms with E-state index in [0.29, 0.717) is 12.5 Å². The lowest BCUT2D eigenvalue weighted by Gasteiger charge is -2.29. The van der Waals surface area contributed by atoms with E-state index in [1.165, 1.54) is 5.56 Å². The van der Waals surface area contributed by atoms with Crippen LogP contribution in [-0.4, -0.2) is 57.7 Å². The first kappa shape index (κ1) is 19.1. The first-order chi connectivity index (χ1) is 13.2. The van der Waals surface area contributed by atoms with E-state index in [2.05, 4.69) is 38.7 Å². The summed E-state index contributed by atoms with van der Waals surface area (Å²) in [7, 11) is 1.90. The summed E-state index contributed by atoms with van der Waals surface area (Å²) < 4.78 is 11.2. The van der Waals surface area contributed by atoms with Crippen molar-refractivity contribution in [3.05, 3.63) is 47.7 Å². The predicted molar refractivity (Wildman–Crippen MR) is 109 cm³/mol. The van der Waals surface area contributed by atoms with Gasteiger partial charge in [-0.1, -0.05) is 12.1 Å². The summed E-state index contributed by atoms with van der Waals surface area (Å²) in [6, 6.07) is 12.1. The van der Waals surface area contributed by atoms with E-state index in [4.69, 9.17) is 9.47 Å². The van der Waals surface area contributed by atoms with Gasteiger partial charge in [-0.15, -0.1) is 0 Å². The number of anilines is 2. The van der Waals surface area contributed by atoms with Gasteiger partial charge in [-0.05, 0) is 37.7 Å². The number of hydrogen-bond donors (Lipinski definition) is 2. The second kappa shape index (κ2) is 9.89. The molecule has 0 aliphatic carbocycles. The van der Waals surface area contributed by atoms with Gasteiger partial charge in [-0.25, -0.2) is 4.98 Å². The van der Waals surface area contributed by atoms with Crippen LogP contribution in [0.1, 0.15) is 11.3 Å². The number of pyridine rings is 1. The van der Waals surface area contributed by atoms with Crippen LogP contribution >= 0.6 is 0 Å². The minimum Gasteiger partial charge on any atom is -0.476 e.